The summed E-state index contributed by atoms with van der Waals surface area (Å²) in [4.78, 5) is 0. The highest BCUT2D eigenvalue weighted by molar-refractivity contribution is 9.09. The third-order valence-corrected chi connectivity index (χ3v) is 2.38. The lowest BCUT2D eigenvalue weighted by atomic mass is 10.5. The molecule has 0 radical (unpaired) electrons. The van der Waals surface area contributed by atoms with Crippen molar-refractivity contribution in [1.82, 2.24) is 0 Å². The molecule has 0 aromatic rings. The van der Waals surface area contributed by atoms with Gasteiger partial charge in [-0.2, -0.15) is 8.42 Å². The average Bonchev–Trinajstić information content (AvgIpc) is 2.08. The Hall–Kier alpha value is 0.540. The number of hydrogen-bond donors (Lipinski definition) is 2. The van der Waals surface area contributed by atoms with Gasteiger partial charge in [-0.3, -0.25) is 8.74 Å². The van der Waals surface area contributed by atoms with Crippen LogP contribution in [0.15, 0.2) is 0 Å². The summed E-state index contributed by atoms with van der Waals surface area (Å²) in [5.74, 6) is 0. The topological polar surface area (TPSA) is 112 Å². The molecule has 0 aliphatic heterocycles. The standard InChI is InChI=1S/C3H7BrO8S2/c4-1-3(10-14(6,7)8)2-9-13-12-11-5/h3,5H,1-2H2,(H,6,7,8). The van der Waals surface area contributed by atoms with E-state index in [1.807, 2.05) is 0 Å². The van der Waals surface area contributed by atoms with E-state index in [1.54, 1.807) is 0 Å². The van der Waals surface area contributed by atoms with Crippen molar-refractivity contribution in [2.24, 2.45) is 0 Å². The van der Waals surface area contributed by atoms with E-state index in [9.17, 15) is 8.42 Å². The summed E-state index contributed by atoms with van der Waals surface area (Å²) in [6.45, 7) is -0.209. The van der Waals surface area contributed by atoms with E-state index in [2.05, 4.69) is 33.7 Å². The second-order valence-corrected chi connectivity index (χ2v) is 4.00. The van der Waals surface area contributed by atoms with Gasteiger partial charge in [0.05, 0.1) is 6.61 Å². The Morgan fingerprint density at radius 2 is 2.14 bits per heavy atom. The summed E-state index contributed by atoms with van der Waals surface area (Å²) in [6.07, 6.45) is -0.917. The molecule has 14 heavy (non-hydrogen) atoms. The summed E-state index contributed by atoms with van der Waals surface area (Å²) in [7, 11) is -4.52. The lowest BCUT2D eigenvalue weighted by molar-refractivity contribution is -0.434. The van der Waals surface area contributed by atoms with Crippen LogP contribution in [-0.2, 0) is 28.1 Å². The Balaban J connectivity index is 3.69. The fraction of sp³-hybridized carbons (Fsp3) is 1.00. The van der Waals surface area contributed by atoms with Gasteiger partial charge < -0.3 is 0 Å². The lowest BCUT2D eigenvalue weighted by Crippen LogP contribution is -2.23. The second kappa shape index (κ2) is 7.78. The molecule has 2 N–H and O–H groups in total. The van der Waals surface area contributed by atoms with Gasteiger partial charge in [-0.15, -0.1) is 4.33 Å². The molecular weight excluding hydrogens is 308 g/mol. The molecule has 8 nitrogen and oxygen atoms in total. The van der Waals surface area contributed by atoms with Crippen molar-refractivity contribution in [3.8, 4) is 0 Å². The van der Waals surface area contributed by atoms with Crippen molar-refractivity contribution in [2.45, 2.75) is 6.10 Å². The fourth-order valence-corrected chi connectivity index (χ4v) is 1.64. The molecule has 0 bridgehead atoms. The van der Waals surface area contributed by atoms with Crippen LogP contribution in [-0.4, -0.2) is 36.3 Å². The maximum absolute atomic E-state index is 10.2. The van der Waals surface area contributed by atoms with Crippen LogP contribution in [0.4, 0.5) is 0 Å². The number of alkyl halides is 1. The molecule has 0 fully saturated rings. The van der Waals surface area contributed by atoms with E-state index in [1.165, 1.54) is 0 Å². The third kappa shape index (κ3) is 9.11. The molecule has 0 amide bonds. The predicted molar refractivity (Wildman–Crippen MR) is 48.6 cm³/mol. The minimum absolute atomic E-state index is 0.118. The van der Waals surface area contributed by atoms with Gasteiger partial charge in [0, 0.05) is 5.33 Å². The van der Waals surface area contributed by atoms with Gasteiger partial charge in [0.1, 0.15) is 6.10 Å². The smallest absolute Gasteiger partial charge is 0.286 e. The van der Waals surface area contributed by atoms with Gasteiger partial charge in [0.2, 0.25) is 0 Å². The third-order valence-electron chi connectivity index (χ3n) is 0.790. The van der Waals surface area contributed by atoms with Gasteiger partial charge >= 0.3 is 10.4 Å². The molecule has 0 aromatic heterocycles. The van der Waals surface area contributed by atoms with Crippen molar-refractivity contribution in [3.63, 3.8) is 0 Å². The summed E-state index contributed by atoms with van der Waals surface area (Å²) in [5.41, 5.74) is 0. The molecular formula is C3H7BrO8S2. The van der Waals surface area contributed by atoms with Crippen LogP contribution in [0.1, 0.15) is 0 Å². The van der Waals surface area contributed by atoms with Gasteiger partial charge in [0.25, 0.3) is 0 Å². The number of rotatable bonds is 8. The van der Waals surface area contributed by atoms with Gasteiger partial charge in [0.15, 0.2) is 12.3 Å². The van der Waals surface area contributed by atoms with Crippen LogP contribution in [0.2, 0.25) is 0 Å². The molecule has 0 aliphatic rings. The van der Waals surface area contributed by atoms with Crippen molar-refractivity contribution in [3.05, 3.63) is 0 Å². The molecule has 0 aliphatic carbocycles. The summed E-state index contributed by atoms with van der Waals surface area (Å²) >= 11 is 3.20. The Morgan fingerprint density at radius 1 is 1.50 bits per heavy atom. The molecule has 86 valence electrons. The SMILES string of the molecule is O=S(=O)(O)OC(CBr)COSOOO. The first-order valence-electron chi connectivity index (χ1n) is 2.97. The first kappa shape index (κ1) is 14.5. The monoisotopic (exact) mass is 314 g/mol. The molecule has 11 heteroatoms. The van der Waals surface area contributed by atoms with Gasteiger partial charge in [-0.25, -0.2) is 9.44 Å². The molecule has 0 saturated carbocycles. The predicted octanol–water partition coefficient (Wildman–Crippen LogP) is 0.570. The first-order valence-corrected chi connectivity index (χ1v) is 6.13. The van der Waals surface area contributed by atoms with Crippen molar-refractivity contribution < 1.29 is 36.0 Å². The zero-order chi connectivity index (χ0) is 11.0. The Morgan fingerprint density at radius 3 is 2.57 bits per heavy atom. The Kier molecular flexibility index (Phi) is 8.08. The molecule has 0 spiro atoms. The summed E-state index contributed by atoms with van der Waals surface area (Å²) < 4.78 is 41.3. The molecule has 0 heterocycles. The first-order chi connectivity index (χ1) is 6.49. The van der Waals surface area contributed by atoms with E-state index in [0.717, 1.165) is 0 Å². The van der Waals surface area contributed by atoms with Crippen LogP contribution in [0.25, 0.3) is 0 Å². The van der Waals surface area contributed by atoms with E-state index in [0.29, 0.717) is 0 Å². The van der Waals surface area contributed by atoms with Crippen LogP contribution in [0.3, 0.4) is 0 Å². The van der Waals surface area contributed by atoms with Crippen molar-refractivity contribution in [2.75, 3.05) is 11.9 Å². The van der Waals surface area contributed by atoms with Crippen LogP contribution >= 0.6 is 28.3 Å². The largest absolute Gasteiger partial charge is 0.397 e. The van der Waals surface area contributed by atoms with Crippen LogP contribution in [0, 0.1) is 0 Å². The van der Waals surface area contributed by atoms with Crippen LogP contribution in [0.5, 0.6) is 0 Å². The van der Waals surface area contributed by atoms with E-state index < -0.39 is 16.5 Å². The Labute approximate surface area is 92.8 Å². The van der Waals surface area contributed by atoms with E-state index in [4.69, 9.17) is 9.81 Å². The molecule has 1 unspecified atom stereocenters. The van der Waals surface area contributed by atoms with Crippen LogP contribution < -0.4 is 0 Å². The molecule has 0 rings (SSSR count). The van der Waals surface area contributed by atoms with E-state index >= 15 is 0 Å². The van der Waals surface area contributed by atoms with Crippen molar-refractivity contribution in [1.29, 1.82) is 0 Å². The van der Waals surface area contributed by atoms with Gasteiger partial charge in [-0.05, 0) is 0 Å². The molecule has 1 atom stereocenters. The second-order valence-electron chi connectivity index (χ2n) is 1.80. The van der Waals surface area contributed by atoms with Crippen molar-refractivity contribution >= 4 is 38.7 Å². The average molecular weight is 315 g/mol. The zero-order valence-electron chi connectivity index (χ0n) is 6.53. The number of halogens is 1. The summed E-state index contributed by atoms with van der Waals surface area (Å²) in [5, 5.41) is 11.0. The minimum atomic E-state index is -4.52. The molecule has 0 aromatic carbocycles. The maximum atomic E-state index is 10.2. The summed E-state index contributed by atoms with van der Waals surface area (Å²) in [6, 6.07) is 0. The normalized spacial score (nSPS) is 14.2. The number of hydrogen-bond acceptors (Lipinski definition) is 8. The molecule has 0 saturated heterocycles. The highest BCUT2D eigenvalue weighted by Gasteiger charge is 2.16. The highest BCUT2D eigenvalue weighted by Crippen LogP contribution is 2.09. The highest BCUT2D eigenvalue weighted by atomic mass is 79.9. The Bertz CT molecular complexity index is 229. The fourth-order valence-electron chi connectivity index (χ4n) is 0.406. The quantitative estimate of drug-likeness (QED) is 0.166. The lowest BCUT2D eigenvalue weighted by Gasteiger charge is -2.10. The van der Waals surface area contributed by atoms with Gasteiger partial charge in [-0.1, -0.05) is 21.0 Å². The maximum Gasteiger partial charge on any atom is 0.397 e. The zero-order valence-corrected chi connectivity index (χ0v) is 9.75. The minimum Gasteiger partial charge on any atom is -0.286 e. The van der Waals surface area contributed by atoms with E-state index in [-0.39, 0.29) is 24.3 Å².